The Hall–Kier alpha value is -2.47. The van der Waals surface area contributed by atoms with Crippen molar-refractivity contribution in [1.29, 1.82) is 0 Å². The van der Waals surface area contributed by atoms with Crippen molar-refractivity contribution in [2.24, 2.45) is 7.05 Å². The highest BCUT2D eigenvalue weighted by atomic mass is 35.5. The molecule has 33 heavy (non-hydrogen) atoms. The first kappa shape index (κ1) is 21.1. The molecule has 5 nitrogen and oxygen atoms in total. The fourth-order valence-corrected chi connectivity index (χ4v) is 7.83. The van der Waals surface area contributed by atoms with Crippen molar-refractivity contribution in [2.75, 3.05) is 20.2 Å². The molecule has 0 radical (unpaired) electrons. The lowest BCUT2D eigenvalue weighted by Crippen LogP contribution is -2.75. The molecule has 2 bridgehead atoms. The van der Waals surface area contributed by atoms with Gasteiger partial charge in [-0.05, 0) is 36.1 Å². The summed E-state index contributed by atoms with van der Waals surface area (Å²) < 4.78 is 15.8. The Bertz CT molecular complexity index is 1320. The van der Waals surface area contributed by atoms with E-state index >= 15 is 0 Å². The number of nitrogens with zero attached hydrogens (tertiary/aromatic N) is 2. The van der Waals surface area contributed by atoms with E-state index in [-0.39, 0.29) is 35.7 Å². The van der Waals surface area contributed by atoms with Gasteiger partial charge in [-0.2, -0.15) is 0 Å². The fourth-order valence-electron chi connectivity index (χ4n) is 7.83. The lowest BCUT2D eigenvalue weighted by molar-refractivity contribution is -0.188. The number of ether oxygens (including phenoxy) is 2. The number of aromatic nitrogens is 1. The maximum Gasteiger partial charge on any atom is 0.166 e. The van der Waals surface area contributed by atoms with Gasteiger partial charge in [-0.25, -0.2) is 0 Å². The van der Waals surface area contributed by atoms with Crippen LogP contribution in [-0.2, 0) is 30.0 Å². The number of phenols is 1. The third-order valence-electron chi connectivity index (χ3n) is 8.97. The van der Waals surface area contributed by atoms with Crippen molar-refractivity contribution in [3.05, 3.63) is 71.4 Å². The van der Waals surface area contributed by atoms with Gasteiger partial charge in [-0.15, -0.1) is 19.0 Å². The smallest absolute Gasteiger partial charge is 0.166 e. The number of fused-ring (bicyclic) bond motifs is 4. The molecule has 1 N–H and O–H groups in total. The topological polar surface area (TPSA) is 46.9 Å². The zero-order valence-electron chi connectivity index (χ0n) is 19.0. The second-order valence-corrected chi connectivity index (χ2v) is 9.88. The number of piperidine rings is 1. The van der Waals surface area contributed by atoms with Crippen LogP contribution >= 0.6 is 12.4 Å². The van der Waals surface area contributed by atoms with Crippen LogP contribution in [0.1, 0.15) is 34.9 Å². The fraction of sp³-hybridized carbons (Fsp3) is 0.407. The number of hydrogen-bond donors (Lipinski definition) is 1. The monoisotopic (exact) mass is 464 g/mol. The van der Waals surface area contributed by atoms with Crippen LogP contribution in [0.5, 0.6) is 11.5 Å². The molecule has 1 spiro atoms. The van der Waals surface area contributed by atoms with Crippen LogP contribution in [0.15, 0.2) is 49.1 Å². The molecule has 3 heterocycles. The number of phenolic OH excluding ortho intramolecular Hbond substituents is 1. The van der Waals surface area contributed by atoms with Gasteiger partial charge >= 0.3 is 0 Å². The molecule has 7 rings (SSSR count). The van der Waals surface area contributed by atoms with E-state index in [2.05, 4.69) is 53.4 Å². The number of halogens is 1. The summed E-state index contributed by atoms with van der Waals surface area (Å²) in [6, 6.07) is 12.8. The van der Waals surface area contributed by atoms with E-state index in [1.807, 2.05) is 13.2 Å². The first-order valence-corrected chi connectivity index (χ1v) is 11.6. The summed E-state index contributed by atoms with van der Waals surface area (Å²) in [4.78, 5) is 2.54. The molecule has 4 aliphatic rings. The van der Waals surface area contributed by atoms with Crippen molar-refractivity contribution >= 4 is 23.3 Å². The number of rotatable bonds is 3. The Morgan fingerprint density at radius 1 is 1.27 bits per heavy atom. The lowest BCUT2D eigenvalue weighted by atomic mass is 9.48. The molecule has 2 aliphatic heterocycles. The van der Waals surface area contributed by atoms with Gasteiger partial charge in [0.1, 0.15) is 5.60 Å². The van der Waals surface area contributed by atoms with Crippen molar-refractivity contribution in [3.8, 4) is 11.5 Å². The Labute approximate surface area is 200 Å². The Balaban J connectivity index is 0.00000206. The molecule has 172 valence electrons. The number of hydrogen-bond acceptors (Lipinski definition) is 4. The number of methoxy groups -OCH3 is 1. The van der Waals surface area contributed by atoms with E-state index in [0.717, 1.165) is 32.4 Å². The molecule has 1 aromatic heterocycles. The predicted molar refractivity (Wildman–Crippen MR) is 131 cm³/mol. The van der Waals surface area contributed by atoms with Crippen LogP contribution < -0.4 is 4.74 Å². The van der Waals surface area contributed by atoms with Crippen LogP contribution in [0.25, 0.3) is 10.9 Å². The third kappa shape index (κ3) is 2.17. The number of likely N-dealkylation sites (tertiary alicyclic amines) is 1. The zero-order valence-corrected chi connectivity index (χ0v) is 19.8. The molecular weight excluding hydrogens is 436 g/mol. The van der Waals surface area contributed by atoms with Crippen LogP contribution in [0, 0.1) is 0 Å². The first-order chi connectivity index (χ1) is 15.6. The summed E-state index contributed by atoms with van der Waals surface area (Å²) in [7, 11) is 4.03. The van der Waals surface area contributed by atoms with E-state index in [1.54, 1.807) is 6.07 Å². The average molecular weight is 465 g/mol. The zero-order chi connectivity index (χ0) is 21.8. The molecule has 0 saturated carbocycles. The molecule has 2 aliphatic carbocycles. The molecule has 1 fully saturated rings. The Morgan fingerprint density at radius 3 is 2.88 bits per heavy atom. The Kier molecular flexibility index (Phi) is 4.33. The summed E-state index contributed by atoms with van der Waals surface area (Å²) in [5.41, 5.74) is 5.51. The summed E-state index contributed by atoms with van der Waals surface area (Å²) in [5, 5.41) is 12.1. The van der Waals surface area contributed by atoms with Crippen LogP contribution in [0.4, 0.5) is 0 Å². The van der Waals surface area contributed by atoms with Gasteiger partial charge in [0, 0.05) is 56.2 Å². The molecule has 6 heteroatoms. The van der Waals surface area contributed by atoms with Gasteiger partial charge in [0.05, 0.1) is 11.1 Å². The number of benzene rings is 2. The summed E-state index contributed by atoms with van der Waals surface area (Å²) in [5.74, 6) is 0.910. The van der Waals surface area contributed by atoms with Gasteiger partial charge in [-0.1, -0.05) is 30.3 Å². The van der Waals surface area contributed by atoms with Gasteiger partial charge in [0.2, 0.25) is 0 Å². The molecule has 1 saturated heterocycles. The van der Waals surface area contributed by atoms with Crippen LogP contribution in [0.3, 0.4) is 0 Å². The summed E-state index contributed by atoms with van der Waals surface area (Å²) >= 11 is 0. The minimum atomic E-state index is -0.428. The highest BCUT2D eigenvalue weighted by Crippen LogP contribution is 2.70. The molecule has 2 aromatic carbocycles. The lowest BCUT2D eigenvalue weighted by Gasteiger charge is -2.64. The summed E-state index contributed by atoms with van der Waals surface area (Å²) in [6.07, 6.45) is 4.49. The first-order valence-electron chi connectivity index (χ1n) is 11.6. The number of aryl methyl sites for hydroxylation is 1. The van der Waals surface area contributed by atoms with E-state index in [1.165, 1.54) is 33.3 Å². The second-order valence-electron chi connectivity index (χ2n) is 9.88. The minimum Gasteiger partial charge on any atom is -0.504 e. The van der Waals surface area contributed by atoms with Crippen molar-refractivity contribution in [3.63, 3.8) is 0 Å². The van der Waals surface area contributed by atoms with Crippen molar-refractivity contribution in [1.82, 2.24) is 9.47 Å². The van der Waals surface area contributed by atoms with Crippen molar-refractivity contribution < 1.29 is 14.6 Å². The van der Waals surface area contributed by atoms with Crippen molar-refractivity contribution in [2.45, 2.75) is 42.4 Å². The molecule has 0 amide bonds. The largest absolute Gasteiger partial charge is 0.504 e. The highest BCUT2D eigenvalue weighted by molar-refractivity contribution is 5.87. The summed E-state index contributed by atoms with van der Waals surface area (Å²) in [6.45, 7) is 5.84. The minimum absolute atomic E-state index is 0. The second kappa shape index (κ2) is 6.78. The van der Waals surface area contributed by atoms with Crippen LogP contribution in [-0.4, -0.2) is 46.4 Å². The highest BCUT2D eigenvalue weighted by Gasteiger charge is 2.73. The van der Waals surface area contributed by atoms with E-state index in [0.29, 0.717) is 5.75 Å². The van der Waals surface area contributed by atoms with Crippen LogP contribution in [0.2, 0.25) is 0 Å². The average Bonchev–Trinajstić information content (AvgIpc) is 3.29. The van der Waals surface area contributed by atoms with E-state index < -0.39 is 5.60 Å². The maximum absolute atomic E-state index is 10.9. The van der Waals surface area contributed by atoms with Gasteiger partial charge in [0.15, 0.2) is 17.6 Å². The van der Waals surface area contributed by atoms with E-state index in [9.17, 15) is 5.11 Å². The molecule has 4 atom stereocenters. The molecule has 3 aromatic rings. The normalized spacial score (nSPS) is 30.8. The molecule has 0 unspecified atom stereocenters. The third-order valence-corrected chi connectivity index (χ3v) is 8.97. The quantitative estimate of drug-likeness (QED) is 0.582. The van der Waals surface area contributed by atoms with Gasteiger partial charge < -0.3 is 19.1 Å². The van der Waals surface area contributed by atoms with Gasteiger partial charge in [-0.3, -0.25) is 4.90 Å². The van der Waals surface area contributed by atoms with E-state index in [4.69, 9.17) is 9.47 Å². The van der Waals surface area contributed by atoms with Gasteiger partial charge in [0.25, 0.3) is 0 Å². The predicted octanol–water partition coefficient (Wildman–Crippen LogP) is 4.43. The Morgan fingerprint density at radius 2 is 2.09 bits per heavy atom. The number of para-hydroxylation sites is 1. The SMILES string of the molecule is C=CCN1CC[C@]23c4c5ccc(O)c4O[C@H]2c2c(c4ccccc4n2C)C[C@@]3(OC)[C@H]1C5.Cl. The number of aromatic hydroxyl groups is 1. The molecular formula is C27H29ClN2O3. The standard InChI is InChI=1S/C27H28N2O3.ClH/c1-4-12-29-13-11-26-22-16-9-10-20(30)24(22)32-25(26)23-18(15-27(26,31-3)21(29)14-16)17-7-5-6-8-19(17)28(23)2;/h4-10,21,25,30H,1,11-15H2,2-3H3;1H/t21-,25+,26+,27-;/m1./s1. The maximum atomic E-state index is 10.9.